The van der Waals surface area contributed by atoms with Crippen LogP contribution in [0.3, 0.4) is 0 Å². The number of benzene rings is 2. The summed E-state index contributed by atoms with van der Waals surface area (Å²) in [5, 5.41) is 5.75. The van der Waals surface area contributed by atoms with Crippen molar-refractivity contribution in [1.82, 2.24) is 4.98 Å². The van der Waals surface area contributed by atoms with E-state index < -0.39 is 0 Å². The molecule has 0 fully saturated rings. The fourth-order valence-corrected chi connectivity index (χ4v) is 2.14. The molecule has 0 aliphatic carbocycles. The maximum atomic E-state index is 4.68. The lowest BCUT2D eigenvalue weighted by Crippen LogP contribution is -1.97. The van der Waals surface area contributed by atoms with Crippen LogP contribution in [0.15, 0.2) is 48.5 Å². The minimum atomic E-state index is 0.923. The Morgan fingerprint density at radius 3 is 2.71 bits per heavy atom. The molecule has 0 saturated carbocycles. The minimum absolute atomic E-state index is 0.923. The molecule has 0 aliphatic rings. The van der Waals surface area contributed by atoms with Crippen LogP contribution in [0.5, 0.6) is 0 Å². The van der Waals surface area contributed by atoms with Crippen LogP contribution in [-0.2, 0) is 0 Å². The van der Waals surface area contributed by atoms with Gasteiger partial charge in [0.25, 0.3) is 0 Å². The Kier molecular flexibility index (Phi) is 2.41. The Hall–Kier alpha value is -2.09. The Morgan fingerprint density at radius 2 is 1.82 bits per heavy atom. The zero-order valence-electron chi connectivity index (χ0n) is 9.77. The number of para-hydroxylation sites is 1. The first kappa shape index (κ1) is 10.1. The lowest BCUT2D eigenvalue weighted by molar-refractivity contribution is 1.22. The molecule has 1 heterocycles. The lowest BCUT2D eigenvalue weighted by Gasteiger charge is -2.08. The van der Waals surface area contributed by atoms with Gasteiger partial charge in [0.15, 0.2) is 0 Å². The fourth-order valence-electron chi connectivity index (χ4n) is 2.14. The molecule has 3 aromatic rings. The molecule has 2 aromatic carbocycles. The van der Waals surface area contributed by atoms with Crippen molar-refractivity contribution < 1.29 is 0 Å². The molecule has 0 atom stereocenters. The summed E-state index contributed by atoms with van der Waals surface area (Å²) in [6, 6.07) is 16.6. The summed E-state index contributed by atoms with van der Waals surface area (Å²) in [4.78, 5) is 4.68. The standard InChI is InChI=1S/C15H14N2/c1-2-16-14-8-5-9-15-12(14)10-11-6-3-4-7-13(11)17-15/h3-10,16H,2H2,1H3. The third-order valence-corrected chi connectivity index (χ3v) is 2.93. The molecular formula is C15H14N2. The molecule has 3 rings (SSSR count). The van der Waals surface area contributed by atoms with Gasteiger partial charge in [-0.15, -0.1) is 0 Å². The van der Waals surface area contributed by atoms with Gasteiger partial charge in [-0.1, -0.05) is 24.3 Å². The number of pyridine rings is 1. The molecule has 84 valence electrons. The second kappa shape index (κ2) is 4.06. The number of nitrogens with one attached hydrogen (secondary N) is 1. The van der Waals surface area contributed by atoms with Crippen LogP contribution in [0, 0.1) is 0 Å². The van der Waals surface area contributed by atoms with Gasteiger partial charge in [-0.2, -0.15) is 0 Å². The van der Waals surface area contributed by atoms with Crippen molar-refractivity contribution in [2.45, 2.75) is 6.92 Å². The molecule has 0 unspecified atom stereocenters. The predicted molar refractivity (Wildman–Crippen MR) is 73.4 cm³/mol. The molecule has 0 bridgehead atoms. The van der Waals surface area contributed by atoms with Gasteiger partial charge in [-0.3, -0.25) is 0 Å². The summed E-state index contributed by atoms with van der Waals surface area (Å²) >= 11 is 0. The normalized spacial score (nSPS) is 10.9. The van der Waals surface area contributed by atoms with Crippen LogP contribution < -0.4 is 5.32 Å². The average molecular weight is 222 g/mol. The number of anilines is 1. The third kappa shape index (κ3) is 1.72. The van der Waals surface area contributed by atoms with Gasteiger partial charge in [0.1, 0.15) is 0 Å². The average Bonchev–Trinajstić information content (AvgIpc) is 2.37. The molecule has 1 N–H and O–H groups in total. The topological polar surface area (TPSA) is 24.9 Å². The van der Waals surface area contributed by atoms with Crippen molar-refractivity contribution in [3.8, 4) is 0 Å². The van der Waals surface area contributed by atoms with E-state index in [9.17, 15) is 0 Å². The number of fused-ring (bicyclic) bond motifs is 2. The summed E-state index contributed by atoms with van der Waals surface area (Å²) in [6.45, 7) is 3.03. The van der Waals surface area contributed by atoms with Crippen molar-refractivity contribution in [2.75, 3.05) is 11.9 Å². The number of hydrogen-bond donors (Lipinski definition) is 1. The van der Waals surface area contributed by atoms with E-state index in [0.29, 0.717) is 0 Å². The maximum Gasteiger partial charge on any atom is 0.0730 e. The highest BCUT2D eigenvalue weighted by molar-refractivity contribution is 5.99. The molecule has 0 amide bonds. The number of rotatable bonds is 2. The van der Waals surface area contributed by atoms with Gasteiger partial charge in [-0.05, 0) is 31.2 Å². The first-order valence-corrected chi connectivity index (χ1v) is 5.91. The third-order valence-electron chi connectivity index (χ3n) is 2.93. The van der Waals surface area contributed by atoms with Crippen LogP contribution in [0.2, 0.25) is 0 Å². The molecule has 0 saturated heterocycles. The number of aromatic nitrogens is 1. The van der Waals surface area contributed by atoms with E-state index in [1.807, 2.05) is 18.2 Å². The van der Waals surface area contributed by atoms with Crippen molar-refractivity contribution >= 4 is 27.5 Å². The molecule has 0 radical (unpaired) electrons. The highest BCUT2D eigenvalue weighted by Gasteiger charge is 2.02. The van der Waals surface area contributed by atoms with E-state index in [4.69, 9.17) is 0 Å². The Labute approximate surface area is 100 Å². The van der Waals surface area contributed by atoms with E-state index in [-0.39, 0.29) is 0 Å². The van der Waals surface area contributed by atoms with Crippen LogP contribution in [0.25, 0.3) is 21.8 Å². The maximum absolute atomic E-state index is 4.68. The summed E-state index contributed by atoms with van der Waals surface area (Å²) in [7, 11) is 0. The Bertz CT molecular complexity index is 674. The van der Waals surface area contributed by atoms with Gasteiger partial charge in [0, 0.05) is 23.0 Å². The van der Waals surface area contributed by atoms with Gasteiger partial charge < -0.3 is 5.32 Å². The zero-order valence-corrected chi connectivity index (χ0v) is 9.77. The minimum Gasteiger partial charge on any atom is -0.385 e. The van der Waals surface area contributed by atoms with Crippen LogP contribution in [-0.4, -0.2) is 11.5 Å². The van der Waals surface area contributed by atoms with Gasteiger partial charge in [-0.25, -0.2) is 4.98 Å². The largest absolute Gasteiger partial charge is 0.385 e. The predicted octanol–water partition coefficient (Wildman–Crippen LogP) is 3.82. The van der Waals surface area contributed by atoms with E-state index in [2.05, 4.69) is 47.6 Å². The number of hydrogen-bond acceptors (Lipinski definition) is 2. The highest BCUT2D eigenvalue weighted by Crippen LogP contribution is 2.25. The van der Waals surface area contributed by atoms with Crippen molar-refractivity contribution in [3.63, 3.8) is 0 Å². The van der Waals surface area contributed by atoms with Gasteiger partial charge in [0.2, 0.25) is 0 Å². The summed E-state index contributed by atoms with van der Waals surface area (Å²) in [6.07, 6.45) is 0. The van der Waals surface area contributed by atoms with E-state index in [0.717, 1.165) is 23.3 Å². The number of nitrogens with zero attached hydrogens (tertiary/aromatic N) is 1. The van der Waals surface area contributed by atoms with Crippen LogP contribution >= 0.6 is 0 Å². The fraction of sp³-hybridized carbons (Fsp3) is 0.133. The van der Waals surface area contributed by atoms with Gasteiger partial charge >= 0.3 is 0 Å². The summed E-state index contributed by atoms with van der Waals surface area (Å²) in [5.41, 5.74) is 3.25. The van der Waals surface area contributed by atoms with Gasteiger partial charge in [0.05, 0.1) is 11.0 Å². The summed E-state index contributed by atoms with van der Waals surface area (Å²) in [5.74, 6) is 0. The Balaban J connectivity index is 2.35. The lowest BCUT2D eigenvalue weighted by atomic mass is 10.1. The highest BCUT2D eigenvalue weighted by atomic mass is 14.9. The first-order valence-electron chi connectivity index (χ1n) is 5.91. The monoisotopic (exact) mass is 222 g/mol. The van der Waals surface area contributed by atoms with Crippen LogP contribution in [0.4, 0.5) is 5.69 Å². The molecule has 17 heavy (non-hydrogen) atoms. The van der Waals surface area contributed by atoms with Crippen LogP contribution in [0.1, 0.15) is 6.92 Å². The van der Waals surface area contributed by atoms with Crippen molar-refractivity contribution in [1.29, 1.82) is 0 Å². The quantitative estimate of drug-likeness (QED) is 0.667. The second-order valence-corrected chi connectivity index (χ2v) is 4.08. The summed E-state index contributed by atoms with van der Waals surface area (Å²) < 4.78 is 0. The van der Waals surface area contributed by atoms with E-state index in [1.165, 1.54) is 10.8 Å². The molecule has 0 aliphatic heterocycles. The second-order valence-electron chi connectivity index (χ2n) is 4.08. The smallest absolute Gasteiger partial charge is 0.0730 e. The molecule has 1 aromatic heterocycles. The molecule has 2 heteroatoms. The van der Waals surface area contributed by atoms with E-state index >= 15 is 0 Å². The molecule has 0 spiro atoms. The SMILES string of the molecule is CCNc1cccc2nc3ccccc3cc12. The van der Waals surface area contributed by atoms with Crippen molar-refractivity contribution in [2.24, 2.45) is 0 Å². The molecule has 2 nitrogen and oxygen atoms in total. The Morgan fingerprint density at radius 1 is 1.00 bits per heavy atom. The zero-order chi connectivity index (χ0) is 11.7. The molecular weight excluding hydrogens is 208 g/mol. The van der Waals surface area contributed by atoms with E-state index in [1.54, 1.807) is 0 Å². The first-order chi connectivity index (χ1) is 8.38. The van der Waals surface area contributed by atoms with Crippen molar-refractivity contribution in [3.05, 3.63) is 48.5 Å².